The Morgan fingerprint density at radius 1 is 1.27 bits per heavy atom. The number of aromatic nitrogens is 1. The Hall–Kier alpha value is -4.34. The predicted octanol–water partition coefficient (Wildman–Crippen LogP) is 6.10. The fourth-order valence-corrected chi connectivity index (χ4v) is 3.40. The van der Waals surface area contributed by atoms with Gasteiger partial charge < -0.3 is 25.4 Å². The molecular formula is C31H43FN6O3. The molecule has 1 heterocycles. The molecule has 222 valence electrons. The van der Waals surface area contributed by atoms with E-state index in [-0.39, 0.29) is 12.4 Å². The van der Waals surface area contributed by atoms with Crippen molar-refractivity contribution < 1.29 is 18.7 Å². The highest BCUT2D eigenvalue weighted by atomic mass is 19.1. The van der Waals surface area contributed by atoms with Crippen LogP contribution in [0.1, 0.15) is 52.3 Å². The van der Waals surface area contributed by atoms with Crippen molar-refractivity contribution in [2.24, 2.45) is 4.99 Å². The molecule has 0 bridgehead atoms. The summed E-state index contributed by atoms with van der Waals surface area (Å²) in [6, 6.07) is 9.99. The fourth-order valence-electron chi connectivity index (χ4n) is 3.40. The number of aryl methyl sites for hydroxylation is 1. The van der Waals surface area contributed by atoms with Gasteiger partial charge in [-0.1, -0.05) is 25.1 Å². The van der Waals surface area contributed by atoms with E-state index in [2.05, 4.69) is 21.9 Å². The molecule has 0 fully saturated rings. The molecular weight excluding hydrogens is 523 g/mol. The first kappa shape index (κ1) is 32.9. The summed E-state index contributed by atoms with van der Waals surface area (Å²) in [5, 5.41) is 3.00. The molecule has 0 saturated heterocycles. The van der Waals surface area contributed by atoms with Crippen molar-refractivity contribution in [1.29, 1.82) is 0 Å². The number of hydrogen-bond donors (Lipinski definition) is 2. The number of nitrogens with one attached hydrogen (secondary N) is 1. The highest BCUT2D eigenvalue weighted by molar-refractivity contribution is 5.73. The number of carbonyl (C=O) groups is 1. The zero-order valence-corrected chi connectivity index (χ0v) is 25.4. The molecule has 1 aromatic carbocycles. The molecule has 2 aromatic rings. The number of allylic oxidation sites excluding steroid dienone is 2. The molecule has 0 aliphatic carbocycles. The molecule has 0 saturated carbocycles. The second-order valence-electron chi connectivity index (χ2n) is 10.5. The fraction of sp³-hybridized carbons (Fsp3) is 0.387. The molecule has 0 radical (unpaired) electrons. The maximum absolute atomic E-state index is 14.7. The molecule has 41 heavy (non-hydrogen) atoms. The SMILES string of the molecule is C=C(CC)CN(C(=O)OC(C)(C)C)C(=C\C=C(/NC)c1ccc(N)cc1F)/N=C\N(C)C(C)Oc1cccc(C)n1. The van der Waals surface area contributed by atoms with E-state index in [0.717, 1.165) is 11.3 Å². The summed E-state index contributed by atoms with van der Waals surface area (Å²) in [6.07, 6.45) is 4.44. The number of ether oxygens (including phenoxy) is 2. The number of pyridine rings is 1. The van der Waals surface area contributed by atoms with Crippen LogP contribution in [-0.4, -0.2) is 59.7 Å². The average Bonchev–Trinajstić information content (AvgIpc) is 2.88. The van der Waals surface area contributed by atoms with Crippen molar-refractivity contribution in [1.82, 2.24) is 20.1 Å². The Bertz CT molecular complexity index is 1300. The van der Waals surface area contributed by atoms with Gasteiger partial charge in [0.25, 0.3) is 0 Å². The maximum Gasteiger partial charge on any atom is 0.416 e. The third-order valence-corrected chi connectivity index (χ3v) is 5.82. The molecule has 9 nitrogen and oxygen atoms in total. The second-order valence-corrected chi connectivity index (χ2v) is 10.5. The highest BCUT2D eigenvalue weighted by Crippen LogP contribution is 2.21. The molecule has 1 atom stereocenters. The summed E-state index contributed by atoms with van der Waals surface area (Å²) in [6.45, 7) is 15.3. The number of halogens is 1. The quantitative estimate of drug-likeness (QED) is 0.0799. The lowest BCUT2D eigenvalue weighted by molar-refractivity contribution is 0.0325. The van der Waals surface area contributed by atoms with Gasteiger partial charge in [0.15, 0.2) is 6.23 Å². The lowest BCUT2D eigenvalue weighted by Gasteiger charge is -2.28. The number of rotatable bonds is 12. The number of nitrogens with two attached hydrogens (primary N) is 1. The van der Waals surface area contributed by atoms with Crippen LogP contribution in [0.2, 0.25) is 0 Å². The van der Waals surface area contributed by atoms with Gasteiger partial charge in [0.2, 0.25) is 5.88 Å². The molecule has 1 aromatic heterocycles. The van der Waals surface area contributed by atoms with E-state index in [1.807, 2.05) is 32.9 Å². The summed E-state index contributed by atoms with van der Waals surface area (Å²) >= 11 is 0. The number of carbonyl (C=O) groups excluding carboxylic acids is 1. The van der Waals surface area contributed by atoms with Crippen molar-refractivity contribution in [2.45, 2.75) is 59.8 Å². The van der Waals surface area contributed by atoms with Crippen LogP contribution >= 0.6 is 0 Å². The monoisotopic (exact) mass is 566 g/mol. The van der Waals surface area contributed by atoms with E-state index in [1.54, 1.807) is 76.5 Å². The highest BCUT2D eigenvalue weighted by Gasteiger charge is 2.25. The number of nitrogen functional groups attached to an aromatic ring is 1. The molecule has 0 aliphatic rings. The van der Waals surface area contributed by atoms with Crippen LogP contribution in [0, 0.1) is 12.7 Å². The van der Waals surface area contributed by atoms with E-state index in [0.29, 0.717) is 29.2 Å². The second kappa shape index (κ2) is 14.9. The first-order chi connectivity index (χ1) is 19.2. The van der Waals surface area contributed by atoms with Crippen LogP contribution < -0.4 is 15.8 Å². The third-order valence-electron chi connectivity index (χ3n) is 5.82. The van der Waals surface area contributed by atoms with Gasteiger partial charge in [-0.3, -0.25) is 4.90 Å². The summed E-state index contributed by atoms with van der Waals surface area (Å²) in [5.74, 6) is 0.253. The van der Waals surface area contributed by atoms with Gasteiger partial charge in [-0.25, -0.2) is 19.2 Å². The average molecular weight is 567 g/mol. The topological polar surface area (TPSA) is 105 Å². The lowest BCUT2D eigenvalue weighted by Crippen LogP contribution is -2.38. The Morgan fingerprint density at radius 3 is 2.56 bits per heavy atom. The summed E-state index contributed by atoms with van der Waals surface area (Å²) in [4.78, 5) is 25.5. The van der Waals surface area contributed by atoms with Crippen LogP contribution in [-0.2, 0) is 4.74 Å². The van der Waals surface area contributed by atoms with Crippen molar-refractivity contribution >= 4 is 23.8 Å². The molecule has 10 heteroatoms. The Morgan fingerprint density at radius 2 is 1.98 bits per heavy atom. The maximum atomic E-state index is 14.7. The van der Waals surface area contributed by atoms with Crippen molar-refractivity contribution in [3.63, 3.8) is 0 Å². The van der Waals surface area contributed by atoms with Gasteiger partial charge in [0.05, 0.1) is 12.9 Å². The first-order valence-electron chi connectivity index (χ1n) is 13.4. The molecule has 0 aliphatic heterocycles. The molecule has 2 rings (SSSR count). The number of aliphatic imine (C=N–C) groups is 1. The van der Waals surface area contributed by atoms with Gasteiger partial charge in [-0.15, -0.1) is 0 Å². The number of hydrogen-bond acceptors (Lipinski definition) is 7. The normalized spacial score (nSPS) is 13.1. The molecule has 0 spiro atoms. The van der Waals surface area contributed by atoms with Crippen molar-refractivity contribution in [3.05, 3.63) is 83.6 Å². The van der Waals surface area contributed by atoms with E-state index < -0.39 is 23.7 Å². The Labute approximate surface area is 243 Å². The van der Waals surface area contributed by atoms with Crippen LogP contribution in [0.4, 0.5) is 14.9 Å². The molecule has 1 unspecified atom stereocenters. The van der Waals surface area contributed by atoms with Gasteiger partial charge >= 0.3 is 6.09 Å². The van der Waals surface area contributed by atoms with Crippen LogP contribution in [0.15, 0.2) is 71.5 Å². The van der Waals surface area contributed by atoms with Gasteiger partial charge in [-0.05, 0) is 77.5 Å². The minimum absolute atomic E-state index is 0.177. The van der Waals surface area contributed by atoms with E-state index in [9.17, 15) is 9.18 Å². The van der Waals surface area contributed by atoms with Crippen molar-refractivity contribution in [2.75, 3.05) is 26.4 Å². The lowest BCUT2D eigenvalue weighted by atomic mass is 10.1. The smallest absolute Gasteiger partial charge is 0.416 e. The largest absolute Gasteiger partial charge is 0.454 e. The summed E-state index contributed by atoms with van der Waals surface area (Å²) in [7, 11) is 3.47. The minimum atomic E-state index is -0.739. The van der Waals surface area contributed by atoms with Gasteiger partial charge in [-0.2, -0.15) is 0 Å². The van der Waals surface area contributed by atoms with Gasteiger partial charge in [0.1, 0.15) is 17.2 Å². The summed E-state index contributed by atoms with van der Waals surface area (Å²) < 4.78 is 26.4. The number of amides is 1. The van der Waals surface area contributed by atoms with Crippen LogP contribution in [0.3, 0.4) is 0 Å². The standard InChI is InChI=1S/C31H43FN6O3/c1-10-21(2)19-38(30(39)41-31(5,6)7)28(17-16-27(34-8)25-15-14-24(33)18-26(25)32)35-20-37(9)23(4)40-29-13-11-12-22(3)36-29/h11-18,20,23,34H,2,10,19,33H2,1,3-9H3/b27-16-,28-17-,35-20-. The zero-order chi connectivity index (χ0) is 30.7. The summed E-state index contributed by atoms with van der Waals surface area (Å²) in [5.41, 5.74) is 7.72. The van der Waals surface area contributed by atoms with Gasteiger partial charge in [0, 0.05) is 42.8 Å². The van der Waals surface area contributed by atoms with Crippen LogP contribution in [0.25, 0.3) is 5.70 Å². The van der Waals surface area contributed by atoms with E-state index in [1.165, 1.54) is 11.0 Å². The Kier molecular flexibility index (Phi) is 11.9. The van der Waals surface area contributed by atoms with E-state index >= 15 is 0 Å². The molecule has 1 amide bonds. The van der Waals surface area contributed by atoms with Crippen LogP contribution in [0.5, 0.6) is 5.88 Å². The number of benzene rings is 1. The number of nitrogens with zero attached hydrogens (tertiary/aromatic N) is 4. The zero-order valence-electron chi connectivity index (χ0n) is 25.4. The minimum Gasteiger partial charge on any atom is -0.454 e. The molecule has 3 N–H and O–H groups in total. The Balaban J connectivity index is 2.53. The van der Waals surface area contributed by atoms with E-state index in [4.69, 9.17) is 15.2 Å². The third kappa shape index (κ3) is 10.6. The first-order valence-corrected chi connectivity index (χ1v) is 13.4. The predicted molar refractivity (Wildman–Crippen MR) is 164 cm³/mol. The van der Waals surface area contributed by atoms with Crippen molar-refractivity contribution in [3.8, 4) is 5.88 Å². The number of anilines is 1.